The van der Waals surface area contributed by atoms with Gasteiger partial charge < -0.3 is 4.74 Å². The van der Waals surface area contributed by atoms with E-state index in [0.29, 0.717) is 6.61 Å². The molecule has 1 aliphatic rings. The van der Waals surface area contributed by atoms with Crippen LogP contribution in [0.2, 0.25) is 0 Å². The van der Waals surface area contributed by atoms with Gasteiger partial charge in [0.15, 0.2) is 0 Å². The highest BCUT2D eigenvalue weighted by Gasteiger charge is 2.12. The fraction of sp³-hybridized carbons (Fsp3) is 0.833. The van der Waals surface area contributed by atoms with Crippen LogP contribution in [0.4, 0.5) is 0 Å². The van der Waals surface area contributed by atoms with E-state index < -0.39 is 0 Å². The van der Waals surface area contributed by atoms with Crippen LogP contribution in [0.3, 0.4) is 0 Å². The van der Waals surface area contributed by atoms with Crippen molar-refractivity contribution >= 4 is 5.97 Å². The normalized spacial score (nSPS) is 15.4. The van der Waals surface area contributed by atoms with Crippen molar-refractivity contribution in [1.29, 1.82) is 0 Å². The number of unbranched alkanes of at least 4 members (excludes halogenated alkanes) is 8. The van der Waals surface area contributed by atoms with E-state index in [-0.39, 0.29) is 5.97 Å². The van der Waals surface area contributed by atoms with Crippen LogP contribution in [0.25, 0.3) is 0 Å². The second-order valence-electron chi connectivity index (χ2n) is 6.08. The highest BCUT2D eigenvalue weighted by Crippen LogP contribution is 2.27. The Morgan fingerprint density at radius 3 is 2.15 bits per heavy atom. The molecule has 0 aliphatic heterocycles. The zero-order valence-electron chi connectivity index (χ0n) is 13.2. The van der Waals surface area contributed by atoms with Crippen LogP contribution in [0.5, 0.6) is 0 Å². The molecule has 1 fully saturated rings. The molecule has 0 N–H and O–H groups in total. The van der Waals surface area contributed by atoms with E-state index in [4.69, 9.17) is 4.74 Å². The van der Waals surface area contributed by atoms with Gasteiger partial charge in [-0.1, -0.05) is 57.1 Å². The Balaban J connectivity index is 1.70. The average Bonchev–Trinajstić information content (AvgIpc) is 2.36. The lowest BCUT2D eigenvalue weighted by molar-refractivity contribution is -0.141. The summed E-state index contributed by atoms with van der Waals surface area (Å²) in [7, 11) is 0. The average molecular weight is 280 g/mol. The van der Waals surface area contributed by atoms with Crippen molar-refractivity contribution < 1.29 is 9.53 Å². The van der Waals surface area contributed by atoms with Crippen LogP contribution < -0.4 is 0 Å². The first-order valence-electron chi connectivity index (χ1n) is 8.59. The Hall–Kier alpha value is -0.790. The van der Waals surface area contributed by atoms with Gasteiger partial charge in [-0.15, -0.1) is 0 Å². The van der Waals surface area contributed by atoms with Gasteiger partial charge in [0.25, 0.3) is 0 Å². The third-order valence-corrected chi connectivity index (χ3v) is 4.13. The van der Waals surface area contributed by atoms with Crippen molar-refractivity contribution in [3.8, 4) is 0 Å². The second-order valence-corrected chi connectivity index (χ2v) is 6.08. The molecule has 0 amide bonds. The molecule has 116 valence electrons. The molecular weight excluding hydrogens is 248 g/mol. The quantitative estimate of drug-likeness (QED) is 0.271. The molecule has 1 aliphatic carbocycles. The van der Waals surface area contributed by atoms with Crippen molar-refractivity contribution in [2.45, 2.75) is 84.0 Å². The van der Waals surface area contributed by atoms with Gasteiger partial charge in [0, 0.05) is 6.92 Å². The summed E-state index contributed by atoms with van der Waals surface area (Å²) in [6.07, 6.45) is 20.7. The van der Waals surface area contributed by atoms with E-state index in [1.807, 2.05) is 0 Å². The van der Waals surface area contributed by atoms with Crippen LogP contribution in [0, 0.1) is 5.92 Å². The van der Waals surface area contributed by atoms with Gasteiger partial charge in [-0.3, -0.25) is 4.79 Å². The predicted molar refractivity (Wildman–Crippen MR) is 84.7 cm³/mol. The topological polar surface area (TPSA) is 26.3 Å². The maximum absolute atomic E-state index is 10.6. The van der Waals surface area contributed by atoms with Crippen LogP contribution in [0.1, 0.15) is 84.0 Å². The Labute approximate surface area is 125 Å². The Morgan fingerprint density at radius 2 is 1.60 bits per heavy atom. The molecule has 1 rings (SSSR count). The minimum Gasteiger partial charge on any atom is -0.466 e. The van der Waals surface area contributed by atoms with E-state index >= 15 is 0 Å². The van der Waals surface area contributed by atoms with Gasteiger partial charge in [-0.2, -0.15) is 0 Å². The number of allylic oxidation sites excluding steroid dienone is 2. The second kappa shape index (κ2) is 12.0. The van der Waals surface area contributed by atoms with Gasteiger partial charge >= 0.3 is 5.97 Å². The van der Waals surface area contributed by atoms with E-state index in [1.165, 1.54) is 77.6 Å². The fourth-order valence-electron chi connectivity index (χ4n) is 2.56. The zero-order chi connectivity index (χ0) is 14.5. The molecule has 2 heteroatoms. The highest BCUT2D eigenvalue weighted by atomic mass is 16.5. The van der Waals surface area contributed by atoms with Gasteiger partial charge in [0.05, 0.1) is 6.61 Å². The van der Waals surface area contributed by atoms with Crippen LogP contribution in [0.15, 0.2) is 12.2 Å². The zero-order valence-corrected chi connectivity index (χ0v) is 13.2. The summed E-state index contributed by atoms with van der Waals surface area (Å²) >= 11 is 0. The number of ether oxygens (including phenoxy) is 1. The third kappa shape index (κ3) is 10.1. The van der Waals surface area contributed by atoms with E-state index in [2.05, 4.69) is 12.2 Å². The van der Waals surface area contributed by atoms with Crippen LogP contribution >= 0.6 is 0 Å². The molecule has 0 unspecified atom stereocenters. The Bertz CT molecular complexity index is 267. The summed E-state index contributed by atoms with van der Waals surface area (Å²) in [5.74, 6) is 0.762. The lowest BCUT2D eigenvalue weighted by Gasteiger charge is -2.21. The maximum Gasteiger partial charge on any atom is 0.302 e. The van der Waals surface area contributed by atoms with E-state index in [0.717, 1.165) is 12.3 Å². The molecule has 0 spiro atoms. The molecule has 0 aromatic rings. The summed E-state index contributed by atoms with van der Waals surface area (Å²) in [4.78, 5) is 10.6. The van der Waals surface area contributed by atoms with Crippen LogP contribution in [-0.2, 0) is 9.53 Å². The standard InChI is InChI=1S/C18H32O2/c1-17(19)20-16-11-9-7-5-3-2-4-6-8-10-13-18-14-12-15-18/h10,13,18H,2-9,11-12,14-16H2,1H3/b13-10+. The third-order valence-electron chi connectivity index (χ3n) is 4.13. The highest BCUT2D eigenvalue weighted by molar-refractivity contribution is 5.65. The molecule has 0 aromatic carbocycles. The summed E-state index contributed by atoms with van der Waals surface area (Å²) in [5.41, 5.74) is 0. The summed E-state index contributed by atoms with van der Waals surface area (Å²) in [5, 5.41) is 0. The van der Waals surface area contributed by atoms with Gasteiger partial charge in [-0.05, 0) is 38.0 Å². The molecule has 0 atom stereocenters. The van der Waals surface area contributed by atoms with E-state index in [1.54, 1.807) is 0 Å². The van der Waals surface area contributed by atoms with Crippen molar-refractivity contribution in [1.82, 2.24) is 0 Å². The maximum atomic E-state index is 10.6. The smallest absolute Gasteiger partial charge is 0.302 e. The molecular formula is C18H32O2. The largest absolute Gasteiger partial charge is 0.466 e. The first-order valence-corrected chi connectivity index (χ1v) is 8.59. The molecule has 0 aromatic heterocycles. The molecule has 0 radical (unpaired) electrons. The first kappa shape index (κ1) is 17.3. The fourth-order valence-corrected chi connectivity index (χ4v) is 2.56. The lowest BCUT2D eigenvalue weighted by Crippen LogP contribution is -2.06. The lowest BCUT2D eigenvalue weighted by atomic mass is 9.85. The Kier molecular flexibility index (Phi) is 10.3. The minimum absolute atomic E-state index is 0.156. The van der Waals surface area contributed by atoms with Gasteiger partial charge in [0.2, 0.25) is 0 Å². The molecule has 2 nitrogen and oxygen atoms in total. The van der Waals surface area contributed by atoms with Crippen LogP contribution in [-0.4, -0.2) is 12.6 Å². The van der Waals surface area contributed by atoms with E-state index in [9.17, 15) is 4.79 Å². The molecule has 1 saturated carbocycles. The molecule has 20 heavy (non-hydrogen) atoms. The SMILES string of the molecule is CC(=O)OCCCCCCCCCC/C=C/C1CCC1. The summed E-state index contributed by atoms with van der Waals surface area (Å²) < 4.78 is 4.91. The number of carbonyl (C=O) groups is 1. The van der Waals surface area contributed by atoms with Crippen molar-refractivity contribution in [3.63, 3.8) is 0 Å². The predicted octanol–water partition coefficient (Wildman–Crippen LogP) is 5.42. The number of hydrogen-bond donors (Lipinski definition) is 0. The Morgan fingerprint density at radius 1 is 1.00 bits per heavy atom. The number of carbonyl (C=O) groups excluding carboxylic acids is 1. The molecule has 0 heterocycles. The summed E-state index contributed by atoms with van der Waals surface area (Å²) in [6.45, 7) is 2.07. The van der Waals surface area contributed by atoms with Crippen molar-refractivity contribution in [2.75, 3.05) is 6.61 Å². The first-order chi connectivity index (χ1) is 9.79. The van der Waals surface area contributed by atoms with Gasteiger partial charge in [0.1, 0.15) is 0 Å². The monoisotopic (exact) mass is 280 g/mol. The number of hydrogen-bond acceptors (Lipinski definition) is 2. The summed E-state index contributed by atoms with van der Waals surface area (Å²) in [6, 6.07) is 0. The van der Waals surface area contributed by atoms with Crippen molar-refractivity contribution in [3.05, 3.63) is 12.2 Å². The number of rotatable bonds is 12. The minimum atomic E-state index is -0.156. The van der Waals surface area contributed by atoms with Crippen molar-refractivity contribution in [2.24, 2.45) is 5.92 Å². The number of esters is 1. The molecule has 0 bridgehead atoms. The molecule has 0 saturated heterocycles. The van der Waals surface area contributed by atoms with Gasteiger partial charge in [-0.25, -0.2) is 0 Å².